The Balaban J connectivity index is 1.72. The predicted molar refractivity (Wildman–Crippen MR) is 81.6 cm³/mol. The highest BCUT2D eigenvalue weighted by molar-refractivity contribution is 6.30. The van der Waals surface area contributed by atoms with Crippen LogP contribution in [0.4, 0.5) is 0 Å². The van der Waals surface area contributed by atoms with Crippen LogP contribution in [-0.4, -0.2) is 45.7 Å². The molecule has 5 nitrogen and oxygen atoms in total. The van der Waals surface area contributed by atoms with Crippen LogP contribution in [0, 0.1) is 0 Å². The number of rotatable bonds is 3. The van der Waals surface area contributed by atoms with Crippen molar-refractivity contribution in [3.05, 3.63) is 22.7 Å². The highest BCUT2D eigenvalue weighted by Gasteiger charge is 2.29. The van der Waals surface area contributed by atoms with Crippen molar-refractivity contribution in [3.63, 3.8) is 0 Å². The number of aryl methyl sites for hydroxylation is 1. The van der Waals surface area contributed by atoms with Gasteiger partial charge in [-0.1, -0.05) is 11.6 Å². The third kappa shape index (κ3) is 2.54. The van der Waals surface area contributed by atoms with Crippen LogP contribution >= 0.6 is 11.6 Å². The maximum atomic E-state index is 6.19. The van der Waals surface area contributed by atoms with Gasteiger partial charge in [0.15, 0.2) is 0 Å². The average Bonchev–Trinajstić information content (AvgIpc) is 3.28. The summed E-state index contributed by atoms with van der Waals surface area (Å²) in [5, 5.41) is 0.574. The lowest BCUT2D eigenvalue weighted by Gasteiger charge is -2.26. The Hall–Kier alpha value is -1.17. The van der Waals surface area contributed by atoms with Gasteiger partial charge in [0.1, 0.15) is 16.5 Å². The molecular formula is C15H19ClN4O. The lowest BCUT2D eigenvalue weighted by molar-refractivity contribution is 0.0328. The number of fused-ring (bicyclic) bond motifs is 1. The Morgan fingerprint density at radius 2 is 2.05 bits per heavy atom. The van der Waals surface area contributed by atoms with Gasteiger partial charge in [0.05, 0.1) is 31.0 Å². The van der Waals surface area contributed by atoms with Crippen LogP contribution in [0.1, 0.15) is 30.3 Å². The lowest BCUT2D eigenvalue weighted by Crippen LogP contribution is -2.36. The highest BCUT2D eigenvalue weighted by atomic mass is 35.5. The fraction of sp³-hybridized carbons (Fsp3) is 0.600. The van der Waals surface area contributed by atoms with Gasteiger partial charge in [-0.25, -0.2) is 9.97 Å². The fourth-order valence-corrected chi connectivity index (χ4v) is 3.16. The van der Waals surface area contributed by atoms with Gasteiger partial charge in [0.25, 0.3) is 0 Å². The summed E-state index contributed by atoms with van der Waals surface area (Å²) >= 11 is 6.19. The number of halogens is 1. The number of pyridine rings is 1. The lowest BCUT2D eigenvalue weighted by atomic mass is 10.2. The van der Waals surface area contributed by atoms with E-state index in [-0.39, 0.29) is 0 Å². The van der Waals surface area contributed by atoms with Crippen molar-refractivity contribution in [2.45, 2.75) is 25.3 Å². The molecule has 112 valence electrons. The first-order chi connectivity index (χ1) is 10.2. The van der Waals surface area contributed by atoms with Crippen molar-refractivity contribution in [2.24, 2.45) is 7.05 Å². The second-order valence-electron chi connectivity index (χ2n) is 5.95. The molecule has 0 N–H and O–H groups in total. The van der Waals surface area contributed by atoms with Gasteiger partial charge in [0.2, 0.25) is 0 Å². The first kappa shape index (κ1) is 13.5. The Bertz CT molecular complexity index is 674. The van der Waals surface area contributed by atoms with Crippen LogP contribution in [-0.2, 0) is 18.3 Å². The van der Waals surface area contributed by atoms with Gasteiger partial charge in [-0.2, -0.15) is 0 Å². The van der Waals surface area contributed by atoms with Crippen LogP contribution in [0.5, 0.6) is 0 Å². The number of hydrogen-bond donors (Lipinski definition) is 0. The van der Waals surface area contributed by atoms with E-state index in [1.54, 1.807) is 0 Å². The minimum Gasteiger partial charge on any atom is -0.379 e. The topological polar surface area (TPSA) is 43.2 Å². The number of nitrogens with zero attached hydrogens (tertiary/aromatic N) is 4. The van der Waals surface area contributed by atoms with Crippen LogP contribution in [0.15, 0.2) is 6.07 Å². The molecule has 0 bridgehead atoms. The summed E-state index contributed by atoms with van der Waals surface area (Å²) in [4.78, 5) is 11.8. The zero-order chi connectivity index (χ0) is 14.4. The predicted octanol–water partition coefficient (Wildman–Crippen LogP) is 2.33. The van der Waals surface area contributed by atoms with Gasteiger partial charge in [-0.3, -0.25) is 4.90 Å². The molecule has 1 aliphatic carbocycles. The van der Waals surface area contributed by atoms with E-state index in [1.165, 1.54) is 12.8 Å². The molecule has 3 heterocycles. The van der Waals surface area contributed by atoms with E-state index >= 15 is 0 Å². The molecule has 0 aromatic carbocycles. The Labute approximate surface area is 128 Å². The molecule has 4 rings (SSSR count). The molecule has 0 amide bonds. The van der Waals surface area contributed by atoms with Gasteiger partial charge in [-0.05, 0) is 12.8 Å². The molecule has 2 aromatic heterocycles. The average molecular weight is 307 g/mol. The number of ether oxygens (including phenoxy) is 1. The summed E-state index contributed by atoms with van der Waals surface area (Å²) in [5.74, 6) is 1.63. The van der Waals surface area contributed by atoms with E-state index in [9.17, 15) is 0 Å². The number of morpholine rings is 1. The molecule has 0 radical (unpaired) electrons. The first-order valence-corrected chi connectivity index (χ1v) is 7.92. The van der Waals surface area contributed by atoms with Crippen LogP contribution in [0.2, 0.25) is 5.15 Å². The minimum atomic E-state index is 0.553. The summed E-state index contributed by atoms with van der Waals surface area (Å²) in [6, 6.07) is 1.93. The van der Waals surface area contributed by atoms with E-state index in [2.05, 4.69) is 21.5 Å². The SMILES string of the molecule is Cn1c(CN2CCOCC2)nc2c(C3CC3)nc(Cl)cc21. The molecule has 0 atom stereocenters. The molecular weight excluding hydrogens is 288 g/mol. The smallest absolute Gasteiger partial charge is 0.131 e. The summed E-state index contributed by atoms with van der Waals surface area (Å²) in [5.41, 5.74) is 3.22. The summed E-state index contributed by atoms with van der Waals surface area (Å²) in [6.07, 6.45) is 2.41. The van der Waals surface area contributed by atoms with Crippen molar-refractivity contribution in [2.75, 3.05) is 26.3 Å². The summed E-state index contributed by atoms with van der Waals surface area (Å²) in [7, 11) is 2.07. The summed E-state index contributed by atoms with van der Waals surface area (Å²) < 4.78 is 7.56. The highest BCUT2D eigenvalue weighted by Crippen LogP contribution is 2.42. The van der Waals surface area contributed by atoms with Crippen molar-refractivity contribution in [3.8, 4) is 0 Å². The monoisotopic (exact) mass is 306 g/mol. The third-order valence-electron chi connectivity index (χ3n) is 4.39. The van der Waals surface area contributed by atoms with Crippen LogP contribution in [0.25, 0.3) is 11.0 Å². The van der Waals surface area contributed by atoms with Crippen LogP contribution in [0.3, 0.4) is 0 Å². The van der Waals surface area contributed by atoms with Gasteiger partial charge >= 0.3 is 0 Å². The van der Waals surface area contributed by atoms with Crippen molar-refractivity contribution in [1.82, 2.24) is 19.4 Å². The molecule has 6 heteroatoms. The molecule has 0 unspecified atom stereocenters. The van der Waals surface area contributed by atoms with E-state index in [0.29, 0.717) is 11.1 Å². The van der Waals surface area contributed by atoms with Crippen molar-refractivity contribution >= 4 is 22.6 Å². The Morgan fingerprint density at radius 3 is 2.76 bits per heavy atom. The second-order valence-corrected chi connectivity index (χ2v) is 6.34. The maximum Gasteiger partial charge on any atom is 0.131 e. The molecule has 21 heavy (non-hydrogen) atoms. The normalized spacial score (nSPS) is 20.3. The second kappa shape index (κ2) is 5.23. The standard InChI is InChI=1S/C15H19ClN4O/c1-19-11-8-12(16)17-14(10-2-3-10)15(11)18-13(19)9-20-4-6-21-7-5-20/h8,10H,2-7,9H2,1H3. The first-order valence-electron chi connectivity index (χ1n) is 7.54. The number of aromatic nitrogens is 3. The zero-order valence-electron chi connectivity index (χ0n) is 12.2. The van der Waals surface area contributed by atoms with Gasteiger partial charge in [-0.15, -0.1) is 0 Å². The Morgan fingerprint density at radius 1 is 1.29 bits per heavy atom. The number of imidazole rings is 1. The van der Waals surface area contributed by atoms with Crippen molar-refractivity contribution < 1.29 is 4.74 Å². The third-order valence-corrected chi connectivity index (χ3v) is 4.58. The fourth-order valence-electron chi connectivity index (χ4n) is 2.97. The zero-order valence-corrected chi connectivity index (χ0v) is 12.9. The maximum absolute atomic E-state index is 6.19. The molecule has 0 spiro atoms. The van der Waals surface area contributed by atoms with Crippen LogP contribution < -0.4 is 0 Å². The molecule has 1 saturated carbocycles. The minimum absolute atomic E-state index is 0.553. The molecule has 2 aromatic rings. The van der Waals surface area contributed by atoms with E-state index in [1.807, 2.05) is 6.07 Å². The number of hydrogen-bond acceptors (Lipinski definition) is 4. The Kier molecular flexibility index (Phi) is 3.36. The van der Waals surface area contributed by atoms with Gasteiger partial charge in [0, 0.05) is 32.1 Å². The quantitative estimate of drug-likeness (QED) is 0.816. The molecule has 2 aliphatic rings. The largest absolute Gasteiger partial charge is 0.379 e. The molecule has 1 saturated heterocycles. The van der Waals surface area contributed by atoms with E-state index in [4.69, 9.17) is 21.3 Å². The van der Waals surface area contributed by atoms with Gasteiger partial charge < -0.3 is 9.30 Å². The van der Waals surface area contributed by atoms with E-state index < -0.39 is 0 Å². The van der Waals surface area contributed by atoms with E-state index in [0.717, 1.165) is 55.4 Å². The molecule has 2 fully saturated rings. The molecule has 1 aliphatic heterocycles. The summed E-state index contributed by atoms with van der Waals surface area (Å²) in [6.45, 7) is 4.42. The van der Waals surface area contributed by atoms with Crippen molar-refractivity contribution in [1.29, 1.82) is 0 Å².